The number of ether oxygens (including phenoxy) is 1. The van der Waals surface area contributed by atoms with Gasteiger partial charge in [-0.1, -0.05) is 22.8 Å². The van der Waals surface area contributed by atoms with Crippen molar-refractivity contribution in [2.75, 3.05) is 38.1 Å². The lowest BCUT2D eigenvalue weighted by Crippen LogP contribution is -2.44. The number of nitrogens with zero attached hydrogens (tertiary/aromatic N) is 6. The zero-order valence-electron chi connectivity index (χ0n) is 20.3. The van der Waals surface area contributed by atoms with Gasteiger partial charge in [0.05, 0.1) is 22.7 Å². The predicted octanol–water partition coefficient (Wildman–Crippen LogP) is 3.41. The number of anilines is 1. The van der Waals surface area contributed by atoms with E-state index < -0.39 is 16.1 Å². The summed E-state index contributed by atoms with van der Waals surface area (Å²) < 4.78 is 36.3. The second-order valence-electron chi connectivity index (χ2n) is 8.57. The number of nitriles is 1. The molecule has 36 heavy (non-hydrogen) atoms. The van der Waals surface area contributed by atoms with Gasteiger partial charge in [0.1, 0.15) is 10.6 Å². The summed E-state index contributed by atoms with van der Waals surface area (Å²) in [5.74, 6) is 1.02. The van der Waals surface area contributed by atoms with Crippen LogP contribution in [-0.2, 0) is 16.6 Å². The Kier molecular flexibility index (Phi) is 7.80. The van der Waals surface area contributed by atoms with Crippen LogP contribution in [0.5, 0.6) is 11.8 Å². The number of hydrogen-bond donors (Lipinski definition) is 1. The van der Waals surface area contributed by atoms with E-state index in [-0.39, 0.29) is 21.5 Å². The molecule has 1 aliphatic heterocycles. The molecule has 1 saturated heterocycles. The SMILES string of the molecule is CCn1c(Oc2cccc(N3CCN(C)CC3)c2)nnc1[C@@H](C)NS(=O)(=O)c1ccc(C#N)cc1Cl. The van der Waals surface area contributed by atoms with Crippen LogP contribution >= 0.6 is 11.6 Å². The maximum Gasteiger partial charge on any atom is 0.322 e. The molecule has 2 aromatic carbocycles. The lowest BCUT2D eigenvalue weighted by atomic mass is 10.2. The average molecular weight is 530 g/mol. The van der Waals surface area contributed by atoms with Crippen LogP contribution in [0.2, 0.25) is 5.02 Å². The molecule has 12 heteroatoms. The fraction of sp³-hybridized carbons (Fsp3) is 0.375. The van der Waals surface area contributed by atoms with Gasteiger partial charge in [0, 0.05) is 44.5 Å². The lowest BCUT2D eigenvalue weighted by Gasteiger charge is -2.34. The zero-order valence-corrected chi connectivity index (χ0v) is 21.9. The van der Waals surface area contributed by atoms with Crippen molar-refractivity contribution in [2.45, 2.75) is 31.3 Å². The molecule has 1 fully saturated rings. The summed E-state index contributed by atoms with van der Waals surface area (Å²) in [6, 6.07) is 13.3. The average Bonchev–Trinajstić information content (AvgIpc) is 3.26. The number of halogens is 1. The van der Waals surface area contributed by atoms with Crippen molar-refractivity contribution in [3.8, 4) is 17.8 Å². The third-order valence-corrected chi connectivity index (χ3v) is 8.05. The van der Waals surface area contributed by atoms with Crippen LogP contribution in [0.15, 0.2) is 47.4 Å². The number of benzene rings is 2. The Labute approximate surface area is 216 Å². The minimum atomic E-state index is -3.98. The van der Waals surface area contributed by atoms with Crippen LogP contribution in [0.4, 0.5) is 5.69 Å². The highest BCUT2D eigenvalue weighted by Crippen LogP contribution is 2.28. The second kappa shape index (κ2) is 10.8. The number of rotatable bonds is 8. The topological polar surface area (TPSA) is 116 Å². The predicted molar refractivity (Wildman–Crippen MR) is 137 cm³/mol. The van der Waals surface area contributed by atoms with Crippen molar-refractivity contribution in [3.05, 3.63) is 58.9 Å². The highest BCUT2D eigenvalue weighted by molar-refractivity contribution is 7.89. The summed E-state index contributed by atoms with van der Waals surface area (Å²) >= 11 is 6.12. The molecule has 0 spiro atoms. The summed E-state index contributed by atoms with van der Waals surface area (Å²) in [4.78, 5) is 4.50. The van der Waals surface area contributed by atoms with Gasteiger partial charge >= 0.3 is 6.01 Å². The third kappa shape index (κ3) is 5.63. The van der Waals surface area contributed by atoms with Crippen LogP contribution in [0.1, 0.15) is 31.3 Å². The molecule has 0 bridgehead atoms. The zero-order chi connectivity index (χ0) is 25.9. The number of aromatic nitrogens is 3. The van der Waals surface area contributed by atoms with Gasteiger partial charge in [-0.25, -0.2) is 13.1 Å². The molecule has 4 rings (SSSR count). The van der Waals surface area contributed by atoms with Crippen LogP contribution in [-0.4, -0.2) is 61.3 Å². The quantitative estimate of drug-likeness (QED) is 0.472. The minimum Gasteiger partial charge on any atom is -0.424 e. The van der Waals surface area contributed by atoms with Gasteiger partial charge in [-0.2, -0.15) is 5.26 Å². The Morgan fingerprint density at radius 1 is 1.17 bits per heavy atom. The number of likely N-dealkylation sites (N-methyl/N-ethyl adjacent to an activating group) is 1. The Morgan fingerprint density at radius 2 is 1.92 bits per heavy atom. The summed E-state index contributed by atoms with van der Waals surface area (Å²) in [6.45, 7) is 7.92. The van der Waals surface area contributed by atoms with E-state index in [1.165, 1.54) is 18.2 Å². The molecule has 0 amide bonds. The highest BCUT2D eigenvalue weighted by Gasteiger charge is 2.26. The fourth-order valence-corrected chi connectivity index (χ4v) is 5.79. The molecular formula is C24H28ClN7O3S. The smallest absolute Gasteiger partial charge is 0.322 e. The van der Waals surface area contributed by atoms with E-state index in [0.717, 1.165) is 31.9 Å². The molecule has 0 saturated carbocycles. The first-order valence-electron chi connectivity index (χ1n) is 11.6. The Balaban J connectivity index is 1.52. The molecular weight excluding hydrogens is 502 g/mol. The van der Waals surface area contributed by atoms with E-state index in [9.17, 15) is 8.42 Å². The van der Waals surface area contributed by atoms with E-state index in [0.29, 0.717) is 18.1 Å². The summed E-state index contributed by atoms with van der Waals surface area (Å²) in [7, 11) is -1.87. The standard InChI is InChI=1S/C24H28ClN7O3S/c1-4-32-23(17(2)29-36(33,34)22-9-8-18(16-26)14-21(22)25)27-28-24(32)35-20-7-5-6-19(15-20)31-12-10-30(3)11-13-31/h5-9,14-15,17,29H,4,10-13H2,1-3H3/t17-/m1/s1. The van der Waals surface area contributed by atoms with Gasteiger partial charge < -0.3 is 14.5 Å². The lowest BCUT2D eigenvalue weighted by molar-refractivity contribution is 0.312. The number of nitrogens with one attached hydrogen (secondary N) is 1. The molecule has 1 aliphatic rings. The van der Waals surface area contributed by atoms with E-state index in [4.69, 9.17) is 21.6 Å². The molecule has 1 aromatic heterocycles. The van der Waals surface area contributed by atoms with Crippen molar-refractivity contribution >= 4 is 27.3 Å². The largest absolute Gasteiger partial charge is 0.424 e. The van der Waals surface area contributed by atoms with Crippen molar-refractivity contribution in [2.24, 2.45) is 0 Å². The van der Waals surface area contributed by atoms with Gasteiger partial charge in [-0.3, -0.25) is 4.57 Å². The molecule has 3 aromatic rings. The first-order chi connectivity index (χ1) is 17.2. The summed E-state index contributed by atoms with van der Waals surface area (Å²) in [6.07, 6.45) is 0. The molecule has 0 radical (unpaired) electrons. The molecule has 1 atom stereocenters. The normalized spacial score (nSPS) is 15.5. The van der Waals surface area contributed by atoms with Gasteiger partial charge in [0.15, 0.2) is 5.82 Å². The Hall–Kier alpha value is -3.17. The van der Waals surface area contributed by atoms with E-state index in [1.54, 1.807) is 11.5 Å². The van der Waals surface area contributed by atoms with Crippen LogP contribution in [0.3, 0.4) is 0 Å². The third-order valence-electron chi connectivity index (χ3n) is 6.03. The summed E-state index contributed by atoms with van der Waals surface area (Å²) in [5.41, 5.74) is 1.35. The van der Waals surface area contributed by atoms with Crippen LogP contribution < -0.4 is 14.4 Å². The molecule has 190 valence electrons. The van der Waals surface area contributed by atoms with Gasteiger partial charge in [-0.15, -0.1) is 5.10 Å². The van der Waals surface area contributed by atoms with Crippen molar-refractivity contribution in [3.63, 3.8) is 0 Å². The van der Waals surface area contributed by atoms with E-state index >= 15 is 0 Å². The Morgan fingerprint density at radius 3 is 2.58 bits per heavy atom. The molecule has 1 N–H and O–H groups in total. The highest BCUT2D eigenvalue weighted by atomic mass is 35.5. The van der Waals surface area contributed by atoms with Crippen molar-refractivity contribution in [1.29, 1.82) is 5.26 Å². The van der Waals surface area contributed by atoms with E-state index in [1.807, 2.05) is 31.2 Å². The maximum absolute atomic E-state index is 13.0. The first kappa shape index (κ1) is 25.9. The van der Waals surface area contributed by atoms with Crippen LogP contribution in [0, 0.1) is 11.3 Å². The number of sulfonamides is 1. The number of piperazine rings is 1. The molecule has 2 heterocycles. The van der Waals surface area contributed by atoms with Crippen molar-refractivity contribution < 1.29 is 13.2 Å². The minimum absolute atomic E-state index is 0.0324. The van der Waals surface area contributed by atoms with Gasteiger partial charge in [-0.05, 0) is 51.2 Å². The van der Waals surface area contributed by atoms with E-state index in [2.05, 4.69) is 37.8 Å². The molecule has 0 unspecified atom stereocenters. The Bertz CT molecular complexity index is 1380. The molecule has 0 aliphatic carbocycles. The summed E-state index contributed by atoms with van der Waals surface area (Å²) in [5, 5.41) is 17.3. The van der Waals surface area contributed by atoms with Gasteiger partial charge in [0.2, 0.25) is 10.0 Å². The first-order valence-corrected chi connectivity index (χ1v) is 13.4. The monoisotopic (exact) mass is 529 g/mol. The number of hydrogen-bond acceptors (Lipinski definition) is 8. The van der Waals surface area contributed by atoms with Crippen LogP contribution in [0.25, 0.3) is 0 Å². The maximum atomic E-state index is 13.0. The second-order valence-corrected chi connectivity index (χ2v) is 10.7. The fourth-order valence-electron chi connectivity index (χ4n) is 4.04. The molecule has 10 nitrogen and oxygen atoms in total. The van der Waals surface area contributed by atoms with Gasteiger partial charge in [0.25, 0.3) is 0 Å². The van der Waals surface area contributed by atoms with Crippen molar-refractivity contribution in [1.82, 2.24) is 24.4 Å².